The molecule has 0 aliphatic carbocycles. The van der Waals surface area contributed by atoms with Gasteiger partial charge in [0.15, 0.2) is 0 Å². The molecule has 0 saturated heterocycles. The number of alkyl halides is 3. The molecule has 0 fully saturated rings. The molecule has 0 radical (unpaired) electrons. The second kappa shape index (κ2) is 4.66. The quantitative estimate of drug-likeness (QED) is 0.645. The van der Waals surface area contributed by atoms with E-state index >= 15 is 0 Å². The van der Waals surface area contributed by atoms with Crippen LogP contribution >= 0.6 is 31.4 Å². The first-order valence-corrected chi connectivity index (χ1v) is 6.04. The highest BCUT2D eigenvalue weighted by Crippen LogP contribution is 2.47. The Kier molecular flexibility index (Phi) is 5.06. The molecule has 0 nitrogen and oxygen atoms in total. The second-order valence-corrected chi connectivity index (χ2v) is 6.35. The minimum atomic E-state index is -4.10. The number of hydrogen-bond donors (Lipinski definition) is 0. The van der Waals surface area contributed by atoms with Crippen molar-refractivity contribution in [2.24, 2.45) is 0 Å². The van der Waals surface area contributed by atoms with E-state index in [1.54, 1.807) is 0 Å². The van der Waals surface area contributed by atoms with E-state index in [9.17, 15) is 13.2 Å². The van der Waals surface area contributed by atoms with Gasteiger partial charge in [-0.05, 0) is 9.83 Å². The molecular weight excluding hydrogens is 201 g/mol. The van der Waals surface area contributed by atoms with E-state index in [1.807, 2.05) is 13.8 Å². The summed E-state index contributed by atoms with van der Waals surface area (Å²) < 4.78 is 34.3. The Morgan fingerprint density at radius 1 is 1.20 bits per heavy atom. The molecule has 6 heteroatoms. The summed E-state index contributed by atoms with van der Waals surface area (Å²) in [4.78, 5) is 0. The molecule has 0 heterocycles. The average Bonchev–Trinajstić information content (AvgIpc) is 1.59. The minimum absolute atomic E-state index is 0.0585. The van der Waals surface area contributed by atoms with E-state index in [2.05, 4.69) is 0 Å². The predicted molar refractivity (Wildman–Crippen MR) is 44.0 cm³/mol. The maximum atomic E-state index is 11.4. The maximum Gasteiger partial charge on any atom is 0.452 e. The molecule has 0 spiro atoms. The first-order chi connectivity index (χ1) is 4.42. The zero-order chi connectivity index (χ0) is 8.20. The van der Waals surface area contributed by atoms with Crippen molar-refractivity contribution in [1.82, 2.24) is 0 Å². The van der Waals surface area contributed by atoms with Gasteiger partial charge in [0.2, 0.25) is 0 Å². The molecular formula is C4H7F3S3. The highest BCUT2D eigenvalue weighted by Gasteiger charge is 2.29. The van der Waals surface area contributed by atoms with Crippen molar-refractivity contribution >= 4 is 31.4 Å². The molecule has 0 amide bonds. The lowest BCUT2D eigenvalue weighted by molar-refractivity contribution is -0.0310. The predicted octanol–water partition coefficient (Wildman–Crippen LogP) is 3.94. The van der Waals surface area contributed by atoms with Crippen molar-refractivity contribution in [3.05, 3.63) is 0 Å². The van der Waals surface area contributed by atoms with Crippen molar-refractivity contribution in [3.8, 4) is 0 Å². The van der Waals surface area contributed by atoms with Crippen LogP contribution < -0.4 is 0 Å². The molecule has 0 aliphatic heterocycles. The molecule has 62 valence electrons. The second-order valence-electron chi connectivity index (χ2n) is 1.74. The summed E-state index contributed by atoms with van der Waals surface area (Å²) in [6.07, 6.45) is 0. The smallest absolute Gasteiger partial charge is 0.160 e. The number of halogens is 3. The first kappa shape index (κ1) is 10.8. The third-order valence-electron chi connectivity index (χ3n) is 0.360. The largest absolute Gasteiger partial charge is 0.452 e. The monoisotopic (exact) mass is 208 g/mol. The molecule has 0 aliphatic rings. The molecule has 0 atom stereocenters. The zero-order valence-electron chi connectivity index (χ0n) is 5.44. The molecule has 0 aromatic carbocycles. The number of rotatable bonds is 3. The lowest BCUT2D eigenvalue weighted by Gasteiger charge is -2.04. The molecule has 0 bridgehead atoms. The van der Waals surface area contributed by atoms with Crippen molar-refractivity contribution in [1.29, 1.82) is 0 Å². The summed E-state index contributed by atoms with van der Waals surface area (Å²) >= 11 is 0. The van der Waals surface area contributed by atoms with Crippen molar-refractivity contribution in [2.45, 2.75) is 24.6 Å². The fourth-order valence-electron chi connectivity index (χ4n) is 0.137. The Hall–Kier alpha value is 0.840. The topological polar surface area (TPSA) is 0 Å². The fraction of sp³-hybridized carbons (Fsp3) is 1.00. The van der Waals surface area contributed by atoms with Gasteiger partial charge in [0.25, 0.3) is 0 Å². The van der Waals surface area contributed by atoms with Crippen LogP contribution in [0.5, 0.6) is 0 Å². The van der Waals surface area contributed by atoms with Crippen molar-refractivity contribution in [2.75, 3.05) is 0 Å². The summed E-state index contributed by atoms with van der Waals surface area (Å²) in [5.74, 6) is 0. The Morgan fingerprint density at radius 3 is 2.00 bits per heavy atom. The van der Waals surface area contributed by atoms with Gasteiger partial charge in [-0.1, -0.05) is 24.6 Å². The summed E-state index contributed by atoms with van der Waals surface area (Å²) in [6, 6.07) is 0. The first-order valence-electron chi connectivity index (χ1n) is 2.49. The van der Waals surface area contributed by atoms with E-state index < -0.39 is 5.51 Å². The molecule has 0 rings (SSSR count). The summed E-state index contributed by atoms with van der Waals surface area (Å²) in [7, 11) is 1.94. The van der Waals surface area contributed by atoms with Crippen LogP contribution in [0.3, 0.4) is 0 Å². The minimum Gasteiger partial charge on any atom is -0.160 e. The van der Waals surface area contributed by atoms with Gasteiger partial charge in [0.05, 0.1) is 0 Å². The van der Waals surface area contributed by atoms with Gasteiger partial charge in [-0.25, -0.2) is 0 Å². The van der Waals surface area contributed by atoms with E-state index in [4.69, 9.17) is 0 Å². The van der Waals surface area contributed by atoms with E-state index in [0.717, 1.165) is 9.83 Å². The Bertz CT molecular complexity index is 90.2. The summed E-state index contributed by atoms with van der Waals surface area (Å²) in [5.41, 5.74) is -4.10. The molecule has 0 aromatic rings. The van der Waals surface area contributed by atoms with Gasteiger partial charge in [-0.2, -0.15) is 13.2 Å². The van der Waals surface area contributed by atoms with Gasteiger partial charge in [0.1, 0.15) is 0 Å². The van der Waals surface area contributed by atoms with Crippen molar-refractivity contribution < 1.29 is 13.2 Å². The standard InChI is InChI=1S/C4H7F3S3/c1-3(2)8-10-9-4(5,6)7/h3H,1-2H3. The van der Waals surface area contributed by atoms with E-state index in [0.29, 0.717) is 0 Å². The van der Waals surface area contributed by atoms with Crippen LogP contribution in [0, 0.1) is 0 Å². The third-order valence-corrected chi connectivity index (χ3v) is 4.56. The lowest BCUT2D eigenvalue weighted by Crippen LogP contribution is -1.95. The summed E-state index contributed by atoms with van der Waals surface area (Å²) in [6.45, 7) is 3.71. The highest BCUT2D eigenvalue weighted by atomic mass is 33.5. The van der Waals surface area contributed by atoms with Gasteiger partial charge < -0.3 is 0 Å². The molecule has 0 saturated carbocycles. The summed E-state index contributed by atoms with van der Waals surface area (Å²) in [5, 5.41) is 0.236. The normalized spacial score (nSPS) is 12.6. The van der Waals surface area contributed by atoms with Gasteiger partial charge >= 0.3 is 5.51 Å². The lowest BCUT2D eigenvalue weighted by atomic mass is 10.6. The van der Waals surface area contributed by atoms with Crippen molar-refractivity contribution in [3.63, 3.8) is 0 Å². The van der Waals surface area contributed by atoms with Crippen LogP contribution in [0.1, 0.15) is 13.8 Å². The van der Waals surface area contributed by atoms with E-state index in [1.165, 1.54) is 10.8 Å². The van der Waals surface area contributed by atoms with Crippen LogP contribution in [-0.4, -0.2) is 10.8 Å². The van der Waals surface area contributed by atoms with Gasteiger partial charge in [-0.3, -0.25) is 0 Å². The van der Waals surface area contributed by atoms with Crippen LogP contribution in [0.15, 0.2) is 0 Å². The Morgan fingerprint density at radius 2 is 1.70 bits per heavy atom. The maximum absolute atomic E-state index is 11.4. The Balaban J connectivity index is 3.21. The molecule has 0 unspecified atom stereocenters. The van der Waals surface area contributed by atoms with Gasteiger partial charge in [0, 0.05) is 16.0 Å². The zero-order valence-corrected chi connectivity index (χ0v) is 7.89. The number of hydrogen-bond acceptors (Lipinski definition) is 3. The van der Waals surface area contributed by atoms with Crippen LogP contribution in [0.25, 0.3) is 0 Å². The van der Waals surface area contributed by atoms with Gasteiger partial charge in [-0.15, -0.1) is 0 Å². The molecule has 10 heavy (non-hydrogen) atoms. The molecule has 0 aromatic heterocycles. The van der Waals surface area contributed by atoms with Crippen LogP contribution in [0.2, 0.25) is 0 Å². The SMILES string of the molecule is CC(C)SSSC(F)(F)F. The van der Waals surface area contributed by atoms with E-state index in [-0.39, 0.29) is 16.0 Å². The van der Waals surface area contributed by atoms with Crippen LogP contribution in [-0.2, 0) is 0 Å². The third kappa shape index (κ3) is 8.84. The Labute approximate surface area is 69.5 Å². The highest BCUT2D eigenvalue weighted by molar-refractivity contribution is 9.09. The molecule has 0 N–H and O–H groups in total. The average molecular weight is 208 g/mol. The fourth-order valence-corrected chi connectivity index (χ4v) is 3.69. The van der Waals surface area contributed by atoms with Crippen LogP contribution in [0.4, 0.5) is 13.2 Å².